The van der Waals surface area contributed by atoms with Gasteiger partial charge in [0.1, 0.15) is 5.82 Å². The lowest BCUT2D eigenvalue weighted by Gasteiger charge is -2.16. The summed E-state index contributed by atoms with van der Waals surface area (Å²) < 4.78 is 4.83. The zero-order valence-electron chi connectivity index (χ0n) is 17.6. The Morgan fingerprint density at radius 1 is 1.03 bits per heavy atom. The number of fused-ring (bicyclic) bond motifs is 1. The van der Waals surface area contributed by atoms with E-state index in [2.05, 4.69) is 9.88 Å². The number of halogens is 1. The van der Waals surface area contributed by atoms with E-state index in [4.69, 9.17) is 11.6 Å². The third kappa shape index (κ3) is 3.96. The van der Waals surface area contributed by atoms with Crippen molar-refractivity contribution in [1.82, 2.24) is 23.6 Å². The highest BCUT2D eigenvalue weighted by Crippen LogP contribution is 2.14. The van der Waals surface area contributed by atoms with Gasteiger partial charge in [-0.1, -0.05) is 30.7 Å². The van der Waals surface area contributed by atoms with Gasteiger partial charge in [0, 0.05) is 25.0 Å². The van der Waals surface area contributed by atoms with Crippen molar-refractivity contribution in [3.63, 3.8) is 0 Å². The fourth-order valence-corrected chi connectivity index (χ4v) is 4.42. The Morgan fingerprint density at radius 3 is 2.40 bits per heavy atom. The molecule has 0 amide bonds. The molecule has 3 heterocycles. The quantitative estimate of drug-likeness (QED) is 0.579. The largest absolute Gasteiger partial charge is 0.333 e. The molecule has 2 aromatic heterocycles. The smallest absolute Gasteiger partial charge is 0.325 e. The third-order valence-electron chi connectivity index (χ3n) is 5.96. The van der Waals surface area contributed by atoms with Crippen molar-refractivity contribution in [2.24, 2.45) is 7.05 Å². The van der Waals surface area contributed by atoms with Gasteiger partial charge in [0.05, 0.1) is 6.54 Å². The van der Waals surface area contributed by atoms with Gasteiger partial charge >= 0.3 is 5.69 Å². The highest BCUT2D eigenvalue weighted by molar-refractivity contribution is 6.30. The molecular weight excluding hydrogens is 402 g/mol. The molecule has 0 aliphatic carbocycles. The summed E-state index contributed by atoms with van der Waals surface area (Å²) in [5, 5.41) is 0.625. The fourth-order valence-electron chi connectivity index (χ4n) is 4.30. The van der Waals surface area contributed by atoms with E-state index < -0.39 is 0 Å². The summed E-state index contributed by atoms with van der Waals surface area (Å²) in [7, 11) is 1.85. The number of imidazole rings is 1. The molecule has 30 heavy (non-hydrogen) atoms. The first kappa shape index (κ1) is 20.9. The first-order chi connectivity index (χ1) is 14.5. The second-order valence-corrected chi connectivity index (χ2v) is 8.40. The van der Waals surface area contributed by atoms with Crippen molar-refractivity contribution < 1.29 is 0 Å². The minimum Gasteiger partial charge on any atom is -0.325 e. The second-order valence-electron chi connectivity index (χ2n) is 7.97. The van der Waals surface area contributed by atoms with E-state index in [0.717, 1.165) is 37.4 Å². The molecule has 0 atom stereocenters. The molecular formula is C22H28ClN5O2. The Hall–Kier alpha value is -2.38. The fraction of sp³-hybridized carbons (Fsp3) is 0.500. The second kappa shape index (κ2) is 8.78. The van der Waals surface area contributed by atoms with Crippen LogP contribution in [0.2, 0.25) is 5.02 Å². The van der Waals surface area contributed by atoms with Crippen LogP contribution in [-0.2, 0) is 26.6 Å². The summed E-state index contributed by atoms with van der Waals surface area (Å²) in [5.41, 5.74) is 1.25. The number of benzene rings is 1. The first-order valence-corrected chi connectivity index (χ1v) is 11.0. The Kier molecular flexibility index (Phi) is 6.11. The molecule has 0 radical (unpaired) electrons. The van der Waals surface area contributed by atoms with Crippen LogP contribution in [-0.4, -0.2) is 43.2 Å². The Labute approximate surface area is 180 Å². The van der Waals surface area contributed by atoms with Gasteiger partial charge in [0.25, 0.3) is 5.56 Å². The SMILES string of the molecule is CCc1nc2c(c(=O)n(Cc3ccc(Cl)cc3)c(=O)n2CCCN2CCCC2)n1C. The Balaban J connectivity index is 1.76. The molecule has 0 N–H and O–H groups in total. The van der Waals surface area contributed by atoms with Crippen molar-refractivity contribution in [3.05, 3.63) is 61.5 Å². The molecule has 0 unspecified atom stereocenters. The van der Waals surface area contributed by atoms with Gasteiger partial charge in [-0.25, -0.2) is 9.78 Å². The van der Waals surface area contributed by atoms with Crippen LogP contribution in [0.1, 0.15) is 37.6 Å². The van der Waals surface area contributed by atoms with Gasteiger partial charge in [0.15, 0.2) is 11.2 Å². The van der Waals surface area contributed by atoms with Crippen LogP contribution in [0.15, 0.2) is 33.9 Å². The monoisotopic (exact) mass is 429 g/mol. The van der Waals surface area contributed by atoms with Crippen molar-refractivity contribution >= 4 is 22.8 Å². The Bertz CT molecular complexity index is 1150. The van der Waals surface area contributed by atoms with Gasteiger partial charge in [-0.05, 0) is 56.6 Å². The summed E-state index contributed by atoms with van der Waals surface area (Å²) in [6.07, 6.45) is 4.04. The number of nitrogens with zero attached hydrogens (tertiary/aromatic N) is 5. The molecule has 1 aliphatic heterocycles. The molecule has 1 fully saturated rings. The molecule has 0 saturated carbocycles. The lowest BCUT2D eigenvalue weighted by molar-refractivity contribution is 0.324. The zero-order chi connectivity index (χ0) is 21.3. The standard InChI is InChI=1S/C22H28ClN5O2/c1-3-18-24-20-19(25(18)2)21(29)28(15-16-7-9-17(23)10-8-16)22(30)27(20)14-6-13-26-11-4-5-12-26/h7-10H,3-6,11-15H2,1-2H3. The molecule has 8 heteroatoms. The van der Waals surface area contributed by atoms with Crippen LogP contribution >= 0.6 is 11.6 Å². The van der Waals surface area contributed by atoms with Crippen molar-refractivity contribution in [3.8, 4) is 0 Å². The topological polar surface area (TPSA) is 65.1 Å². The predicted octanol–water partition coefficient (Wildman–Crippen LogP) is 2.65. The highest BCUT2D eigenvalue weighted by Gasteiger charge is 2.20. The minimum atomic E-state index is -0.301. The van der Waals surface area contributed by atoms with E-state index in [0.29, 0.717) is 29.2 Å². The van der Waals surface area contributed by atoms with Gasteiger partial charge < -0.3 is 9.47 Å². The number of aryl methyl sites for hydroxylation is 3. The van der Waals surface area contributed by atoms with Crippen molar-refractivity contribution in [1.29, 1.82) is 0 Å². The number of likely N-dealkylation sites (tertiary alicyclic amines) is 1. The molecule has 0 bridgehead atoms. The third-order valence-corrected chi connectivity index (χ3v) is 6.21. The number of aromatic nitrogens is 4. The zero-order valence-corrected chi connectivity index (χ0v) is 18.4. The number of hydrogen-bond donors (Lipinski definition) is 0. The molecule has 7 nitrogen and oxygen atoms in total. The van der Waals surface area contributed by atoms with Crippen LogP contribution in [0.25, 0.3) is 11.2 Å². The van der Waals surface area contributed by atoms with Crippen LogP contribution in [0.5, 0.6) is 0 Å². The average Bonchev–Trinajstić information content (AvgIpc) is 3.37. The van der Waals surface area contributed by atoms with E-state index in [9.17, 15) is 9.59 Å². The lowest BCUT2D eigenvalue weighted by atomic mass is 10.2. The van der Waals surface area contributed by atoms with Gasteiger partial charge in [-0.3, -0.25) is 13.9 Å². The van der Waals surface area contributed by atoms with E-state index in [-0.39, 0.29) is 17.8 Å². The van der Waals surface area contributed by atoms with Gasteiger partial charge in [-0.2, -0.15) is 0 Å². The molecule has 0 spiro atoms. The summed E-state index contributed by atoms with van der Waals surface area (Å²) >= 11 is 5.98. The molecule has 1 aliphatic rings. The predicted molar refractivity (Wildman–Crippen MR) is 119 cm³/mol. The van der Waals surface area contributed by atoms with Crippen LogP contribution < -0.4 is 11.2 Å². The first-order valence-electron chi connectivity index (χ1n) is 10.7. The van der Waals surface area contributed by atoms with Crippen LogP contribution in [0.3, 0.4) is 0 Å². The summed E-state index contributed by atoms with van der Waals surface area (Å²) in [4.78, 5) is 33.7. The lowest BCUT2D eigenvalue weighted by Crippen LogP contribution is -2.41. The van der Waals surface area contributed by atoms with E-state index in [1.807, 2.05) is 30.7 Å². The van der Waals surface area contributed by atoms with Crippen molar-refractivity contribution in [2.45, 2.75) is 45.7 Å². The highest BCUT2D eigenvalue weighted by atomic mass is 35.5. The van der Waals surface area contributed by atoms with Gasteiger partial charge in [0.2, 0.25) is 0 Å². The average molecular weight is 430 g/mol. The molecule has 4 rings (SSSR count). The molecule has 3 aromatic rings. The maximum atomic E-state index is 13.3. The summed E-state index contributed by atoms with van der Waals surface area (Å²) in [5.74, 6) is 0.805. The van der Waals surface area contributed by atoms with Crippen LogP contribution in [0, 0.1) is 0 Å². The van der Waals surface area contributed by atoms with Crippen LogP contribution in [0.4, 0.5) is 0 Å². The molecule has 1 aromatic carbocycles. The van der Waals surface area contributed by atoms with E-state index in [1.165, 1.54) is 17.4 Å². The van der Waals surface area contributed by atoms with Crippen molar-refractivity contribution in [2.75, 3.05) is 19.6 Å². The molecule has 160 valence electrons. The summed E-state index contributed by atoms with van der Waals surface area (Å²) in [6, 6.07) is 7.23. The minimum absolute atomic E-state index is 0.212. The Morgan fingerprint density at radius 2 is 1.73 bits per heavy atom. The van der Waals surface area contributed by atoms with Gasteiger partial charge in [-0.15, -0.1) is 0 Å². The number of hydrogen-bond acceptors (Lipinski definition) is 4. The summed E-state index contributed by atoms with van der Waals surface area (Å²) in [6.45, 7) is 5.98. The maximum Gasteiger partial charge on any atom is 0.333 e. The normalized spacial score (nSPS) is 14.8. The van der Waals surface area contributed by atoms with E-state index in [1.54, 1.807) is 16.7 Å². The molecule has 1 saturated heterocycles. The van der Waals surface area contributed by atoms with E-state index >= 15 is 0 Å². The number of rotatable bonds is 7. The maximum absolute atomic E-state index is 13.3.